The smallest absolute Gasteiger partial charge is 0.267 e. The fourth-order valence-electron chi connectivity index (χ4n) is 2.63. The van der Waals surface area contributed by atoms with Gasteiger partial charge in [0.25, 0.3) is 5.56 Å². The van der Waals surface area contributed by atoms with Crippen molar-refractivity contribution in [2.75, 3.05) is 0 Å². The molecule has 8 heteroatoms. The standard InChI is InChI=1S/C17H11Cl2N5O/c1-10-2-4-14-12(6-10)16(25)24(15-5-3-11(18)7-13(15)19)17(22-14)23-9-20-8-21-23/h2-9H,1H3. The third-order valence-electron chi connectivity index (χ3n) is 3.78. The molecule has 2 heterocycles. The third kappa shape index (κ3) is 2.69. The third-order valence-corrected chi connectivity index (χ3v) is 4.32. The van der Waals surface area contributed by atoms with E-state index in [1.165, 1.54) is 21.9 Å². The molecule has 124 valence electrons. The molecule has 0 bridgehead atoms. The lowest BCUT2D eigenvalue weighted by Crippen LogP contribution is -2.25. The van der Waals surface area contributed by atoms with E-state index in [1.54, 1.807) is 30.3 Å². The molecular weight excluding hydrogens is 361 g/mol. The average molecular weight is 372 g/mol. The van der Waals surface area contributed by atoms with Gasteiger partial charge >= 0.3 is 0 Å². The first-order valence-electron chi connectivity index (χ1n) is 7.38. The van der Waals surface area contributed by atoms with Crippen molar-refractivity contribution in [2.24, 2.45) is 0 Å². The van der Waals surface area contributed by atoms with E-state index >= 15 is 0 Å². The molecule has 6 nitrogen and oxygen atoms in total. The molecule has 0 N–H and O–H groups in total. The van der Waals surface area contributed by atoms with Crippen molar-refractivity contribution in [2.45, 2.75) is 6.92 Å². The van der Waals surface area contributed by atoms with Gasteiger partial charge in [-0.3, -0.25) is 4.79 Å². The first-order chi connectivity index (χ1) is 12.0. The highest BCUT2D eigenvalue weighted by molar-refractivity contribution is 6.35. The van der Waals surface area contributed by atoms with E-state index in [1.807, 2.05) is 13.0 Å². The quantitative estimate of drug-likeness (QED) is 0.540. The molecule has 0 fully saturated rings. The molecule has 0 aliphatic rings. The summed E-state index contributed by atoms with van der Waals surface area (Å²) in [6.07, 6.45) is 2.85. The lowest BCUT2D eigenvalue weighted by atomic mass is 10.1. The topological polar surface area (TPSA) is 65.6 Å². The van der Waals surface area contributed by atoms with Gasteiger partial charge in [-0.05, 0) is 37.3 Å². The SMILES string of the molecule is Cc1ccc2nc(-n3cncn3)n(-c3ccc(Cl)cc3Cl)c(=O)c2c1. The lowest BCUT2D eigenvalue weighted by Gasteiger charge is -2.14. The van der Waals surface area contributed by atoms with E-state index in [0.717, 1.165) is 5.56 Å². The summed E-state index contributed by atoms with van der Waals surface area (Å²) in [5.74, 6) is 0.295. The zero-order valence-corrected chi connectivity index (χ0v) is 14.5. The summed E-state index contributed by atoms with van der Waals surface area (Å²) in [6, 6.07) is 10.4. The molecule has 0 spiro atoms. The molecule has 4 aromatic rings. The van der Waals surface area contributed by atoms with E-state index in [4.69, 9.17) is 23.2 Å². The maximum atomic E-state index is 13.2. The van der Waals surface area contributed by atoms with Crippen LogP contribution in [-0.4, -0.2) is 24.3 Å². The van der Waals surface area contributed by atoms with Crippen molar-refractivity contribution in [3.8, 4) is 11.6 Å². The molecule has 0 radical (unpaired) electrons. The molecule has 0 atom stereocenters. The number of benzene rings is 2. The van der Waals surface area contributed by atoms with Gasteiger partial charge in [0.05, 0.1) is 21.6 Å². The Bertz CT molecular complexity index is 1150. The molecule has 2 aromatic heterocycles. The first kappa shape index (κ1) is 15.8. The fourth-order valence-corrected chi connectivity index (χ4v) is 3.13. The Hall–Kier alpha value is -2.70. The van der Waals surface area contributed by atoms with E-state index in [0.29, 0.717) is 32.6 Å². The molecule has 2 aromatic carbocycles. The van der Waals surface area contributed by atoms with Crippen molar-refractivity contribution in [1.82, 2.24) is 24.3 Å². The van der Waals surface area contributed by atoms with Gasteiger partial charge in [0.1, 0.15) is 12.7 Å². The van der Waals surface area contributed by atoms with Crippen molar-refractivity contribution < 1.29 is 0 Å². The van der Waals surface area contributed by atoms with E-state index in [9.17, 15) is 4.79 Å². The number of fused-ring (bicyclic) bond motifs is 1. The molecule has 0 aliphatic heterocycles. The Kier molecular flexibility index (Phi) is 3.78. The molecule has 0 saturated heterocycles. The van der Waals surface area contributed by atoms with Gasteiger partial charge in [-0.15, -0.1) is 0 Å². The van der Waals surface area contributed by atoms with Crippen LogP contribution in [0, 0.1) is 6.92 Å². The molecule has 0 unspecified atom stereocenters. The average Bonchev–Trinajstić information content (AvgIpc) is 3.11. The summed E-state index contributed by atoms with van der Waals surface area (Å²) in [6.45, 7) is 1.92. The number of aromatic nitrogens is 5. The second kappa shape index (κ2) is 5.98. The zero-order valence-electron chi connectivity index (χ0n) is 13.0. The Morgan fingerprint density at radius 3 is 2.64 bits per heavy atom. The molecule has 0 amide bonds. The number of hydrogen-bond acceptors (Lipinski definition) is 4. The Balaban J connectivity index is 2.15. The van der Waals surface area contributed by atoms with Crippen molar-refractivity contribution >= 4 is 34.1 Å². The normalized spacial score (nSPS) is 11.2. The van der Waals surface area contributed by atoms with Crippen LogP contribution in [0.5, 0.6) is 0 Å². The van der Waals surface area contributed by atoms with Gasteiger partial charge in [-0.25, -0.2) is 14.5 Å². The number of rotatable bonds is 2. The minimum atomic E-state index is -0.247. The summed E-state index contributed by atoms with van der Waals surface area (Å²) in [7, 11) is 0. The van der Waals surface area contributed by atoms with Gasteiger partial charge in [-0.2, -0.15) is 9.78 Å². The Morgan fingerprint density at radius 1 is 1.08 bits per heavy atom. The summed E-state index contributed by atoms with van der Waals surface area (Å²) >= 11 is 12.3. The van der Waals surface area contributed by atoms with Gasteiger partial charge in [0.15, 0.2) is 0 Å². The van der Waals surface area contributed by atoms with Crippen LogP contribution in [0.2, 0.25) is 10.0 Å². The van der Waals surface area contributed by atoms with E-state index < -0.39 is 0 Å². The highest BCUT2D eigenvalue weighted by Gasteiger charge is 2.17. The Morgan fingerprint density at radius 2 is 1.92 bits per heavy atom. The van der Waals surface area contributed by atoms with Crippen LogP contribution in [0.1, 0.15) is 5.56 Å². The lowest BCUT2D eigenvalue weighted by molar-refractivity contribution is 0.761. The van der Waals surface area contributed by atoms with Crippen LogP contribution in [0.15, 0.2) is 53.8 Å². The minimum absolute atomic E-state index is 0.247. The van der Waals surface area contributed by atoms with Gasteiger partial charge in [0.2, 0.25) is 5.95 Å². The summed E-state index contributed by atoms with van der Waals surface area (Å²) < 4.78 is 2.83. The molecule has 4 rings (SSSR count). The first-order valence-corrected chi connectivity index (χ1v) is 8.14. The molecule has 0 saturated carbocycles. The van der Waals surface area contributed by atoms with Crippen molar-refractivity contribution in [3.05, 3.63) is 75.0 Å². The summed E-state index contributed by atoms with van der Waals surface area (Å²) in [4.78, 5) is 21.7. The van der Waals surface area contributed by atoms with Gasteiger partial charge in [-0.1, -0.05) is 34.8 Å². The number of hydrogen-bond donors (Lipinski definition) is 0. The molecule has 25 heavy (non-hydrogen) atoms. The minimum Gasteiger partial charge on any atom is -0.268 e. The van der Waals surface area contributed by atoms with Crippen LogP contribution >= 0.6 is 23.2 Å². The molecular formula is C17H11Cl2N5O. The fraction of sp³-hybridized carbons (Fsp3) is 0.0588. The van der Waals surface area contributed by atoms with Gasteiger partial charge < -0.3 is 0 Å². The number of halogens is 2. The van der Waals surface area contributed by atoms with Crippen LogP contribution in [0.3, 0.4) is 0 Å². The maximum absolute atomic E-state index is 13.2. The van der Waals surface area contributed by atoms with Crippen LogP contribution < -0.4 is 5.56 Å². The highest BCUT2D eigenvalue weighted by atomic mass is 35.5. The van der Waals surface area contributed by atoms with Crippen molar-refractivity contribution in [1.29, 1.82) is 0 Å². The number of nitrogens with zero attached hydrogens (tertiary/aromatic N) is 5. The predicted octanol–water partition coefficient (Wildman–Crippen LogP) is 3.58. The largest absolute Gasteiger partial charge is 0.268 e. The van der Waals surface area contributed by atoms with Crippen molar-refractivity contribution in [3.63, 3.8) is 0 Å². The van der Waals surface area contributed by atoms with Crippen LogP contribution in [0.4, 0.5) is 0 Å². The monoisotopic (exact) mass is 371 g/mol. The van der Waals surface area contributed by atoms with Crippen LogP contribution in [0.25, 0.3) is 22.5 Å². The zero-order chi connectivity index (χ0) is 17.6. The predicted molar refractivity (Wildman–Crippen MR) is 97.0 cm³/mol. The highest BCUT2D eigenvalue weighted by Crippen LogP contribution is 2.25. The van der Waals surface area contributed by atoms with E-state index in [-0.39, 0.29) is 5.56 Å². The molecule has 0 aliphatic carbocycles. The second-order valence-electron chi connectivity index (χ2n) is 5.51. The van der Waals surface area contributed by atoms with Gasteiger partial charge in [0, 0.05) is 5.02 Å². The summed E-state index contributed by atoms with van der Waals surface area (Å²) in [5.41, 5.74) is 1.76. The maximum Gasteiger partial charge on any atom is 0.267 e. The number of aryl methyl sites for hydroxylation is 1. The summed E-state index contributed by atoms with van der Waals surface area (Å²) in [5, 5.41) is 5.41. The van der Waals surface area contributed by atoms with E-state index in [2.05, 4.69) is 15.1 Å². The van der Waals surface area contributed by atoms with Crippen LogP contribution in [-0.2, 0) is 0 Å². The Labute approximate surface area is 152 Å². The second-order valence-corrected chi connectivity index (χ2v) is 6.35.